The number of nitrogens with one attached hydrogen (secondary N) is 1. The molecular weight excluding hydrogens is 376 g/mol. The Bertz CT molecular complexity index is 976. The Morgan fingerprint density at radius 2 is 1.90 bits per heavy atom. The van der Waals surface area contributed by atoms with Crippen LogP contribution in [0.2, 0.25) is 0 Å². The molecule has 1 amide bonds. The van der Waals surface area contributed by atoms with Crippen molar-refractivity contribution >= 4 is 5.91 Å². The summed E-state index contributed by atoms with van der Waals surface area (Å²) in [6.45, 7) is 2.21. The molecule has 0 saturated carbocycles. The molecule has 3 aromatic rings. The van der Waals surface area contributed by atoms with Crippen molar-refractivity contribution in [1.82, 2.24) is 20.2 Å². The van der Waals surface area contributed by atoms with Crippen LogP contribution in [0.15, 0.2) is 67.3 Å². The van der Waals surface area contributed by atoms with Gasteiger partial charge in [-0.25, -0.2) is 9.97 Å². The van der Waals surface area contributed by atoms with Crippen molar-refractivity contribution in [2.45, 2.75) is 32.0 Å². The third kappa shape index (κ3) is 4.83. The molecule has 1 aliphatic rings. The molecule has 1 aromatic heterocycles. The van der Waals surface area contributed by atoms with Gasteiger partial charge in [0.25, 0.3) is 0 Å². The van der Waals surface area contributed by atoms with Crippen LogP contribution in [-0.2, 0) is 17.9 Å². The molecule has 0 aliphatic carbocycles. The van der Waals surface area contributed by atoms with Crippen LogP contribution in [0, 0.1) is 0 Å². The third-order valence-corrected chi connectivity index (χ3v) is 5.50. The van der Waals surface area contributed by atoms with Crippen LogP contribution in [0.4, 0.5) is 0 Å². The summed E-state index contributed by atoms with van der Waals surface area (Å²) in [6.07, 6.45) is 7.08. The van der Waals surface area contributed by atoms with Gasteiger partial charge in [-0.3, -0.25) is 9.69 Å². The molecule has 0 bridgehead atoms. The maximum atomic E-state index is 12.8. The van der Waals surface area contributed by atoms with Gasteiger partial charge in [-0.15, -0.1) is 0 Å². The molecule has 6 nitrogen and oxygen atoms in total. The minimum Gasteiger partial charge on any atom is -0.497 e. The summed E-state index contributed by atoms with van der Waals surface area (Å²) in [5.41, 5.74) is 4.32. The largest absolute Gasteiger partial charge is 0.497 e. The molecule has 1 unspecified atom stereocenters. The second-order valence-corrected chi connectivity index (χ2v) is 7.52. The van der Waals surface area contributed by atoms with Crippen LogP contribution < -0.4 is 10.1 Å². The number of carbonyl (C=O) groups is 1. The van der Waals surface area contributed by atoms with E-state index in [-0.39, 0.29) is 11.9 Å². The molecule has 2 aromatic carbocycles. The average Bonchev–Trinajstić information content (AvgIpc) is 3.27. The summed E-state index contributed by atoms with van der Waals surface area (Å²) >= 11 is 0. The van der Waals surface area contributed by atoms with Gasteiger partial charge in [0.05, 0.1) is 13.2 Å². The molecule has 2 heterocycles. The molecule has 1 fully saturated rings. The lowest BCUT2D eigenvalue weighted by atomic mass is 10.1. The normalized spacial score (nSPS) is 16.4. The Labute approximate surface area is 176 Å². The Morgan fingerprint density at radius 3 is 2.67 bits per heavy atom. The number of carbonyl (C=O) groups excluding carboxylic acids is 1. The van der Waals surface area contributed by atoms with Crippen molar-refractivity contribution in [3.05, 3.63) is 78.4 Å². The van der Waals surface area contributed by atoms with Crippen LogP contribution in [-0.4, -0.2) is 40.5 Å². The summed E-state index contributed by atoms with van der Waals surface area (Å²) < 4.78 is 5.25. The van der Waals surface area contributed by atoms with Crippen molar-refractivity contribution in [3.63, 3.8) is 0 Å². The Morgan fingerprint density at radius 1 is 1.10 bits per heavy atom. The number of likely N-dealkylation sites (tertiary alicyclic amines) is 1. The summed E-state index contributed by atoms with van der Waals surface area (Å²) in [7, 11) is 1.65. The minimum absolute atomic E-state index is 0.0854. The molecule has 6 heteroatoms. The van der Waals surface area contributed by atoms with E-state index in [4.69, 9.17) is 4.74 Å². The fourth-order valence-corrected chi connectivity index (χ4v) is 3.89. The first kappa shape index (κ1) is 20.0. The number of rotatable bonds is 7. The zero-order valence-corrected chi connectivity index (χ0v) is 17.1. The monoisotopic (exact) mass is 402 g/mol. The topological polar surface area (TPSA) is 67.3 Å². The van der Waals surface area contributed by atoms with E-state index in [1.165, 1.54) is 11.9 Å². The highest BCUT2D eigenvalue weighted by Crippen LogP contribution is 2.23. The van der Waals surface area contributed by atoms with Crippen LogP contribution >= 0.6 is 0 Å². The first-order valence-corrected chi connectivity index (χ1v) is 10.2. The van der Waals surface area contributed by atoms with E-state index in [9.17, 15) is 4.79 Å². The molecular formula is C24H26N4O2. The van der Waals surface area contributed by atoms with E-state index in [1.54, 1.807) is 7.11 Å². The zero-order chi connectivity index (χ0) is 20.8. The van der Waals surface area contributed by atoms with Crippen molar-refractivity contribution in [2.24, 2.45) is 0 Å². The highest BCUT2D eigenvalue weighted by molar-refractivity contribution is 5.82. The second kappa shape index (κ2) is 9.50. The quantitative estimate of drug-likeness (QED) is 0.656. The van der Waals surface area contributed by atoms with Gasteiger partial charge in [0.1, 0.15) is 12.1 Å². The Balaban J connectivity index is 1.35. The maximum absolute atomic E-state index is 12.8. The van der Waals surface area contributed by atoms with Crippen LogP contribution in [0.3, 0.4) is 0 Å². The molecule has 30 heavy (non-hydrogen) atoms. The van der Waals surface area contributed by atoms with E-state index in [1.807, 2.05) is 36.7 Å². The van der Waals surface area contributed by atoms with Crippen molar-refractivity contribution < 1.29 is 9.53 Å². The summed E-state index contributed by atoms with van der Waals surface area (Å²) in [5.74, 6) is 0.892. The van der Waals surface area contributed by atoms with Crippen LogP contribution in [0.5, 0.6) is 5.75 Å². The molecule has 154 valence electrons. The SMILES string of the molecule is COc1cccc(CNC(=O)C2CCCN2Cc2ccc(-c3cncnc3)cc2)c1. The van der Waals surface area contributed by atoms with Crippen LogP contribution in [0.25, 0.3) is 11.1 Å². The number of benzene rings is 2. The van der Waals surface area contributed by atoms with Gasteiger partial charge in [-0.2, -0.15) is 0 Å². The number of hydrogen-bond acceptors (Lipinski definition) is 5. The molecule has 1 atom stereocenters. The van der Waals surface area contributed by atoms with E-state index in [0.29, 0.717) is 6.54 Å². The van der Waals surface area contributed by atoms with E-state index in [2.05, 4.69) is 44.5 Å². The third-order valence-electron chi connectivity index (χ3n) is 5.50. The fourth-order valence-electron chi connectivity index (χ4n) is 3.89. The van der Waals surface area contributed by atoms with Gasteiger partial charge in [0, 0.05) is 31.0 Å². The second-order valence-electron chi connectivity index (χ2n) is 7.52. The number of methoxy groups -OCH3 is 1. The highest BCUT2D eigenvalue weighted by Gasteiger charge is 2.30. The Kier molecular flexibility index (Phi) is 6.35. The van der Waals surface area contributed by atoms with Crippen LogP contribution in [0.1, 0.15) is 24.0 Å². The predicted molar refractivity (Wildman–Crippen MR) is 116 cm³/mol. The van der Waals surface area contributed by atoms with Gasteiger partial charge in [0.15, 0.2) is 0 Å². The molecule has 0 radical (unpaired) electrons. The molecule has 0 spiro atoms. The average molecular weight is 402 g/mol. The number of ether oxygens (including phenoxy) is 1. The lowest BCUT2D eigenvalue weighted by Crippen LogP contribution is -2.42. The lowest BCUT2D eigenvalue weighted by Gasteiger charge is -2.24. The van der Waals surface area contributed by atoms with Gasteiger partial charge in [0.2, 0.25) is 5.91 Å². The molecule has 1 saturated heterocycles. The van der Waals surface area contributed by atoms with Gasteiger partial charge in [-0.1, -0.05) is 36.4 Å². The van der Waals surface area contributed by atoms with E-state index < -0.39 is 0 Å². The lowest BCUT2D eigenvalue weighted by molar-refractivity contribution is -0.125. The van der Waals surface area contributed by atoms with Gasteiger partial charge in [-0.05, 0) is 48.2 Å². The standard InChI is InChI=1S/C24H26N4O2/c1-30-22-5-2-4-19(12-22)13-27-24(29)23-6-3-11-28(23)16-18-7-9-20(10-8-18)21-14-25-17-26-15-21/h2,4-5,7-10,12,14-15,17,23H,3,6,11,13,16H2,1H3,(H,27,29). The summed E-state index contributed by atoms with van der Waals surface area (Å²) in [5, 5.41) is 3.09. The fraction of sp³-hybridized carbons (Fsp3) is 0.292. The first-order chi connectivity index (χ1) is 14.7. The summed E-state index contributed by atoms with van der Waals surface area (Å²) in [6, 6.07) is 16.1. The van der Waals surface area contributed by atoms with Crippen molar-refractivity contribution in [2.75, 3.05) is 13.7 Å². The molecule has 1 N–H and O–H groups in total. The van der Waals surface area contributed by atoms with Crippen molar-refractivity contribution in [1.29, 1.82) is 0 Å². The minimum atomic E-state index is -0.0854. The number of aromatic nitrogens is 2. The predicted octanol–water partition coefficient (Wildman–Crippen LogP) is 3.43. The smallest absolute Gasteiger partial charge is 0.237 e. The maximum Gasteiger partial charge on any atom is 0.237 e. The highest BCUT2D eigenvalue weighted by atomic mass is 16.5. The van der Waals surface area contributed by atoms with E-state index in [0.717, 1.165) is 48.4 Å². The number of hydrogen-bond donors (Lipinski definition) is 1. The number of amides is 1. The first-order valence-electron chi connectivity index (χ1n) is 10.2. The van der Waals surface area contributed by atoms with Gasteiger partial charge < -0.3 is 10.1 Å². The van der Waals surface area contributed by atoms with E-state index >= 15 is 0 Å². The summed E-state index contributed by atoms with van der Waals surface area (Å²) in [4.78, 5) is 23.2. The number of nitrogens with zero attached hydrogens (tertiary/aromatic N) is 3. The van der Waals surface area contributed by atoms with Crippen molar-refractivity contribution in [3.8, 4) is 16.9 Å². The molecule has 4 rings (SSSR count). The Hall–Kier alpha value is -3.25. The zero-order valence-electron chi connectivity index (χ0n) is 17.1. The molecule has 1 aliphatic heterocycles. The van der Waals surface area contributed by atoms with Gasteiger partial charge >= 0.3 is 0 Å².